The van der Waals surface area contributed by atoms with Crippen LogP contribution in [0.4, 0.5) is 0 Å². The van der Waals surface area contributed by atoms with Gasteiger partial charge >= 0.3 is 0 Å². The molecule has 0 atom stereocenters. The summed E-state index contributed by atoms with van der Waals surface area (Å²) >= 11 is 3.73. The van der Waals surface area contributed by atoms with Gasteiger partial charge in [0.05, 0.1) is 15.6 Å². The molecular formula is C34H19NS2. The Balaban J connectivity index is 1.49. The first-order chi connectivity index (χ1) is 18.4. The van der Waals surface area contributed by atoms with E-state index in [2.05, 4.69) is 115 Å². The van der Waals surface area contributed by atoms with Crippen molar-refractivity contribution in [3.63, 3.8) is 0 Å². The molecule has 7 aromatic rings. The van der Waals surface area contributed by atoms with Crippen molar-refractivity contribution in [2.45, 2.75) is 5.41 Å². The SMILES string of the molecule is c1ccc2c(c1)-c1ccccc1C21c2cccc(-c3nc4ccccc4s3)c2-c2sc3ccccc3c21. The minimum Gasteiger partial charge on any atom is -0.236 e. The fraction of sp³-hybridized carbons (Fsp3) is 0.0294. The van der Waals surface area contributed by atoms with Crippen molar-refractivity contribution in [1.82, 2.24) is 4.98 Å². The Kier molecular flexibility index (Phi) is 3.81. The lowest BCUT2D eigenvalue weighted by molar-refractivity contribution is 0.803. The molecule has 2 aromatic heterocycles. The van der Waals surface area contributed by atoms with E-state index in [4.69, 9.17) is 4.98 Å². The van der Waals surface area contributed by atoms with E-state index in [0.29, 0.717) is 0 Å². The first-order valence-electron chi connectivity index (χ1n) is 12.6. The Hall–Kier alpha value is -4.05. The van der Waals surface area contributed by atoms with Gasteiger partial charge in [-0.25, -0.2) is 4.98 Å². The monoisotopic (exact) mass is 505 g/mol. The van der Waals surface area contributed by atoms with Crippen molar-refractivity contribution >= 4 is 43.0 Å². The number of benzene rings is 5. The van der Waals surface area contributed by atoms with Gasteiger partial charge < -0.3 is 0 Å². The van der Waals surface area contributed by atoms with Crippen molar-refractivity contribution in [1.29, 1.82) is 0 Å². The van der Waals surface area contributed by atoms with Gasteiger partial charge in [-0.05, 0) is 57.0 Å². The van der Waals surface area contributed by atoms with Gasteiger partial charge in [0.1, 0.15) is 5.01 Å². The van der Waals surface area contributed by atoms with E-state index in [1.54, 1.807) is 11.3 Å². The van der Waals surface area contributed by atoms with Crippen molar-refractivity contribution in [3.8, 4) is 32.1 Å². The van der Waals surface area contributed by atoms with Crippen LogP contribution in [0.3, 0.4) is 0 Å². The molecule has 172 valence electrons. The Morgan fingerprint density at radius 2 is 1.14 bits per heavy atom. The number of nitrogens with zero attached hydrogens (tertiary/aromatic N) is 1. The summed E-state index contributed by atoms with van der Waals surface area (Å²) in [6.07, 6.45) is 0. The van der Waals surface area contributed by atoms with Crippen molar-refractivity contribution in [3.05, 3.63) is 138 Å². The van der Waals surface area contributed by atoms with Crippen molar-refractivity contribution in [2.75, 3.05) is 0 Å². The molecule has 2 aliphatic rings. The summed E-state index contributed by atoms with van der Waals surface area (Å²) in [4.78, 5) is 6.50. The average molecular weight is 506 g/mol. The molecule has 0 unspecified atom stereocenters. The van der Waals surface area contributed by atoms with E-state index in [1.165, 1.54) is 64.2 Å². The summed E-state index contributed by atoms with van der Waals surface area (Å²) in [7, 11) is 0. The molecule has 0 bridgehead atoms. The maximum Gasteiger partial charge on any atom is 0.125 e. The van der Waals surface area contributed by atoms with Gasteiger partial charge in [-0.2, -0.15) is 0 Å². The predicted molar refractivity (Wildman–Crippen MR) is 157 cm³/mol. The smallest absolute Gasteiger partial charge is 0.125 e. The molecule has 9 rings (SSSR count). The molecular weight excluding hydrogens is 487 g/mol. The minimum atomic E-state index is -0.329. The maximum absolute atomic E-state index is 5.11. The third-order valence-corrected chi connectivity index (χ3v) is 10.4. The largest absolute Gasteiger partial charge is 0.236 e. The maximum atomic E-state index is 5.11. The first kappa shape index (κ1) is 20.1. The topological polar surface area (TPSA) is 12.9 Å². The normalized spacial score (nSPS) is 14.2. The summed E-state index contributed by atoms with van der Waals surface area (Å²) in [6, 6.07) is 42.4. The standard InChI is InChI=1S/C34H19NS2/c1-4-14-24-20(10-1)21-11-2-5-15-25(21)34(24)26-16-9-13-23(33-35-27-17-6-8-19-29(27)37-33)30(26)32-31(34)22-12-3-7-18-28(22)36-32/h1-19H. The lowest BCUT2D eigenvalue weighted by atomic mass is 9.70. The van der Waals surface area contributed by atoms with Gasteiger partial charge in [-0.15, -0.1) is 22.7 Å². The fourth-order valence-electron chi connectivity index (χ4n) is 6.80. The molecule has 0 fully saturated rings. The second-order valence-corrected chi connectivity index (χ2v) is 11.9. The van der Waals surface area contributed by atoms with E-state index in [-0.39, 0.29) is 5.41 Å². The molecule has 1 spiro atoms. The van der Waals surface area contributed by atoms with Gasteiger partial charge in [-0.3, -0.25) is 0 Å². The van der Waals surface area contributed by atoms with Crippen LogP contribution < -0.4 is 0 Å². The average Bonchev–Trinajstić information content (AvgIpc) is 3.69. The second kappa shape index (κ2) is 7.04. The lowest BCUT2D eigenvalue weighted by Gasteiger charge is -2.30. The number of para-hydroxylation sites is 1. The van der Waals surface area contributed by atoms with Crippen LogP contribution in [-0.4, -0.2) is 4.98 Å². The van der Waals surface area contributed by atoms with Crippen LogP contribution >= 0.6 is 22.7 Å². The van der Waals surface area contributed by atoms with Crippen LogP contribution in [0.15, 0.2) is 115 Å². The molecule has 0 saturated heterocycles. The first-order valence-corrected chi connectivity index (χ1v) is 14.2. The van der Waals surface area contributed by atoms with E-state index >= 15 is 0 Å². The predicted octanol–water partition coefficient (Wildman–Crippen LogP) is 9.52. The molecule has 0 radical (unpaired) electrons. The minimum absolute atomic E-state index is 0.329. The number of rotatable bonds is 1. The molecule has 2 heterocycles. The number of hydrogen-bond acceptors (Lipinski definition) is 3. The molecule has 1 nitrogen and oxygen atoms in total. The summed E-state index contributed by atoms with van der Waals surface area (Å²) in [5, 5.41) is 2.46. The van der Waals surface area contributed by atoms with Crippen molar-refractivity contribution < 1.29 is 0 Å². The van der Waals surface area contributed by atoms with E-state index in [9.17, 15) is 0 Å². The molecule has 37 heavy (non-hydrogen) atoms. The van der Waals surface area contributed by atoms with Crippen LogP contribution in [0.25, 0.3) is 52.4 Å². The Bertz CT molecular complexity index is 1980. The van der Waals surface area contributed by atoms with Crippen molar-refractivity contribution in [2.24, 2.45) is 0 Å². The van der Waals surface area contributed by atoms with Gasteiger partial charge in [0, 0.05) is 20.7 Å². The summed E-state index contributed by atoms with van der Waals surface area (Å²) < 4.78 is 2.58. The summed E-state index contributed by atoms with van der Waals surface area (Å²) in [5.41, 5.74) is 11.6. The molecule has 0 N–H and O–H groups in total. The molecule has 3 heteroatoms. The zero-order valence-corrected chi connectivity index (χ0v) is 21.4. The zero-order valence-electron chi connectivity index (χ0n) is 19.7. The number of fused-ring (bicyclic) bond motifs is 13. The molecule has 0 saturated carbocycles. The van der Waals surface area contributed by atoms with Gasteiger partial charge in [0.25, 0.3) is 0 Å². The highest BCUT2D eigenvalue weighted by Crippen LogP contribution is 2.67. The van der Waals surface area contributed by atoms with Gasteiger partial charge in [0.15, 0.2) is 0 Å². The van der Waals surface area contributed by atoms with Crippen LogP contribution in [-0.2, 0) is 5.41 Å². The molecule has 2 aliphatic carbocycles. The third kappa shape index (κ3) is 2.37. The zero-order chi connectivity index (χ0) is 24.1. The van der Waals surface area contributed by atoms with Crippen LogP contribution in [0, 0.1) is 0 Å². The quantitative estimate of drug-likeness (QED) is 0.216. The van der Waals surface area contributed by atoms with Gasteiger partial charge in [0.2, 0.25) is 0 Å². The number of thiazole rings is 1. The summed E-state index contributed by atoms with van der Waals surface area (Å²) in [6.45, 7) is 0. The Morgan fingerprint density at radius 3 is 1.92 bits per heavy atom. The fourth-order valence-corrected chi connectivity index (χ4v) is 9.13. The van der Waals surface area contributed by atoms with Crippen LogP contribution in [0.5, 0.6) is 0 Å². The highest BCUT2D eigenvalue weighted by Gasteiger charge is 2.53. The van der Waals surface area contributed by atoms with Gasteiger partial charge in [-0.1, -0.05) is 97.1 Å². The number of thiophene rings is 1. The molecule has 5 aromatic carbocycles. The highest BCUT2D eigenvalue weighted by molar-refractivity contribution is 7.23. The van der Waals surface area contributed by atoms with E-state index in [1.807, 2.05) is 11.3 Å². The lowest BCUT2D eigenvalue weighted by Crippen LogP contribution is -2.25. The second-order valence-electron chi connectivity index (χ2n) is 9.86. The highest BCUT2D eigenvalue weighted by atomic mass is 32.1. The Morgan fingerprint density at radius 1 is 0.514 bits per heavy atom. The number of hydrogen-bond donors (Lipinski definition) is 0. The third-order valence-electron chi connectivity index (χ3n) is 8.14. The Labute approximate surface area is 222 Å². The van der Waals surface area contributed by atoms with E-state index in [0.717, 1.165) is 10.5 Å². The summed E-state index contributed by atoms with van der Waals surface area (Å²) in [5.74, 6) is 0. The number of aromatic nitrogens is 1. The van der Waals surface area contributed by atoms with Crippen LogP contribution in [0.1, 0.15) is 22.3 Å². The van der Waals surface area contributed by atoms with E-state index < -0.39 is 0 Å². The molecule has 0 amide bonds. The van der Waals surface area contributed by atoms with Crippen LogP contribution in [0.2, 0.25) is 0 Å². The molecule has 0 aliphatic heterocycles.